The van der Waals surface area contributed by atoms with Crippen LogP contribution in [0.25, 0.3) is 0 Å². The van der Waals surface area contributed by atoms with Crippen LogP contribution in [0, 0.1) is 0 Å². The molecule has 0 aliphatic heterocycles. The van der Waals surface area contributed by atoms with Gasteiger partial charge in [0.1, 0.15) is 5.82 Å². The highest BCUT2D eigenvalue weighted by atomic mass is 15.3. The van der Waals surface area contributed by atoms with E-state index in [-0.39, 0.29) is 0 Å². The van der Waals surface area contributed by atoms with Gasteiger partial charge < -0.3 is 5.32 Å². The van der Waals surface area contributed by atoms with Gasteiger partial charge >= 0.3 is 0 Å². The average molecular weight is 213 g/mol. The van der Waals surface area contributed by atoms with Gasteiger partial charge in [-0.25, -0.2) is 0 Å². The molecule has 0 amide bonds. The van der Waals surface area contributed by atoms with E-state index >= 15 is 0 Å². The van der Waals surface area contributed by atoms with Gasteiger partial charge in [-0.15, -0.1) is 0 Å². The fourth-order valence-corrected chi connectivity index (χ4v) is 2.40. The molecule has 1 N–H and O–H groups in total. The second-order valence-corrected chi connectivity index (χ2v) is 4.27. The Morgan fingerprint density at radius 1 is 1.31 bits per heavy atom. The Morgan fingerprint density at radius 3 is 3.00 bits per heavy atom. The predicted octanol–water partition coefficient (Wildman–Crippen LogP) is 2.52. The van der Waals surface area contributed by atoms with Crippen molar-refractivity contribution in [2.45, 2.75) is 18.9 Å². The Hall–Kier alpha value is -1.77. The fourth-order valence-electron chi connectivity index (χ4n) is 2.40. The minimum Gasteiger partial charge on any atom is -0.363 e. The van der Waals surface area contributed by atoms with E-state index in [1.807, 2.05) is 24.0 Å². The van der Waals surface area contributed by atoms with Gasteiger partial charge in [0, 0.05) is 13.1 Å². The molecule has 1 aromatic carbocycles. The van der Waals surface area contributed by atoms with E-state index in [0.29, 0.717) is 6.04 Å². The zero-order valence-corrected chi connectivity index (χ0v) is 9.35. The number of fused-ring (bicyclic) bond motifs is 1. The summed E-state index contributed by atoms with van der Waals surface area (Å²) in [5, 5.41) is 7.71. The van der Waals surface area contributed by atoms with Crippen molar-refractivity contribution in [1.82, 2.24) is 9.78 Å². The monoisotopic (exact) mass is 213 g/mol. The summed E-state index contributed by atoms with van der Waals surface area (Å²) in [6.45, 7) is 0. The van der Waals surface area contributed by atoms with Crippen LogP contribution in [0.2, 0.25) is 0 Å². The second-order valence-electron chi connectivity index (χ2n) is 4.27. The normalized spacial score (nSPS) is 18.4. The molecule has 3 heteroatoms. The number of nitrogens with one attached hydrogen (secondary N) is 1. The van der Waals surface area contributed by atoms with Gasteiger partial charge in [0.2, 0.25) is 0 Å². The molecule has 1 aliphatic carbocycles. The van der Waals surface area contributed by atoms with Crippen molar-refractivity contribution in [1.29, 1.82) is 0 Å². The Bertz CT molecular complexity index is 501. The summed E-state index contributed by atoms with van der Waals surface area (Å²) in [5.41, 5.74) is 2.91. The summed E-state index contributed by atoms with van der Waals surface area (Å²) in [6.07, 6.45) is 4.17. The van der Waals surface area contributed by atoms with Gasteiger partial charge in [-0.05, 0) is 24.0 Å². The van der Waals surface area contributed by atoms with Crippen molar-refractivity contribution in [2.75, 3.05) is 5.32 Å². The summed E-state index contributed by atoms with van der Waals surface area (Å²) in [4.78, 5) is 0. The molecule has 1 aliphatic rings. The number of aryl methyl sites for hydroxylation is 2. The van der Waals surface area contributed by atoms with Crippen LogP contribution in [0.3, 0.4) is 0 Å². The third-order valence-corrected chi connectivity index (χ3v) is 3.28. The van der Waals surface area contributed by atoms with Crippen molar-refractivity contribution in [3.05, 3.63) is 47.7 Å². The van der Waals surface area contributed by atoms with Crippen LogP contribution in [0.5, 0.6) is 0 Å². The molecule has 1 unspecified atom stereocenters. The molecule has 3 nitrogen and oxygen atoms in total. The van der Waals surface area contributed by atoms with Crippen molar-refractivity contribution in [3.63, 3.8) is 0 Å². The highest BCUT2D eigenvalue weighted by Crippen LogP contribution is 2.33. The smallest absolute Gasteiger partial charge is 0.124 e. The van der Waals surface area contributed by atoms with Gasteiger partial charge in [0.05, 0.1) is 12.2 Å². The molecule has 3 rings (SSSR count). The molecular formula is C13H15N3. The minimum absolute atomic E-state index is 0.437. The molecule has 1 atom stereocenters. The summed E-state index contributed by atoms with van der Waals surface area (Å²) in [6, 6.07) is 11.1. The van der Waals surface area contributed by atoms with Crippen LogP contribution >= 0.6 is 0 Å². The Morgan fingerprint density at radius 2 is 2.19 bits per heavy atom. The van der Waals surface area contributed by atoms with E-state index in [2.05, 4.69) is 34.7 Å². The molecule has 2 aromatic rings. The van der Waals surface area contributed by atoms with E-state index in [1.54, 1.807) is 0 Å². The van der Waals surface area contributed by atoms with Crippen LogP contribution in [0.4, 0.5) is 5.82 Å². The Kier molecular flexibility index (Phi) is 2.17. The number of benzene rings is 1. The van der Waals surface area contributed by atoms with Crippen LogP contribution in [-0.2, 0) is 13.5 Å². The maximum atomic E-state index is 4.17. The molecule has 0 bridgehead atoms. The molecule has 0 spiro atoms. The largest absolute Gasteiger partial charge is 0.363 e. The molecule has 0 saturated carbocycles. The predicted molar refractivity (Wildman–Crippen MR) is 64.3 cm³/mol. The first-order valence-corrected chi connectivity index (χ1v) is 5.67. The molecule has 16 heavy (non-hydrogen) atoms. The highest BCUT2D eigenvalue weighted by molar-refractivity contribution is 5.43. The molecule has 0 radical (unpaired) electrons. The molecule has 82 valence electrons. The maximum Gasteiger partial charge on any atom is 0.124 e. The van der Waals surface area contributed by atoms with E-state index < -0.39 is 0 Å². The molecule has 1 heterocycles. The fraction of sp³-hybridized carbons (Fsp3) is 0.308. The van der Waals surface area contributed by atoms with Crippen LogP contribution < -0.4 is 5.32 Å². The number of anilines is 1. The summed E-state index contributed by atoms with van der Waals surface area (Å²) in [7, 11) is 1.96. The summed E-state index contributed by atoms with van der Waals surface area (Å²) < 4.78 is 1.88. The lowest BCUT2D eigenvalue weighted by Gasteiger charge is -2.15. The second kappa shape index (κ2) is 3.67. The molecular weight excluding hydrogens is 198 g/mol. The summed E-state index contributed by atoms with van der Waals surface area (Å²) in [5.74, 6) is 1.08. The van der Waals surface area contributed by atoms with Crippen molar-refractivity contribution in [2.24, 2.45) is 7.05 Å². The average Bonchev–Trinajstić information content (AvgIpc) is 2.88. The van der Waals surface area contributed by atoms with Gasteiger partial charge in [-0.2, -0.15) is 5.10 Å². The highest BCUT2D eigenvalue weighted by Gasteiger charge is 2.21. The first-order valence-electron chi connectivity index (χ1n) is 5.67. The van der Waals surface area contributed by atoms with Crippen molar-refractivity contribution in [3.8, 4) is 0 Å². The SMILES string of the molecule is Cn1nccc1NC1CCc2ccccc21. The molecule has 1 aromatic heterocycles. The van der Waals surface area contributed by atoms with E-state index in [9.17, 15) is 0 Å². The van der Waals surface area contributed by atoms with E-state index in [1.165, 1.54) is 24.0 Å². The molecule has 0 fully saturated rings. The lowest BCUT2D eigenvalue weighted by molar-refractivity contribution is 0.717. The lowest BCUT2D eigenvalue weighted by atomic mass is 10.1. The third-order valence-electron chi connectivity index (χ3n) is 3.28. The first kappa shape index (κ1) is 9.46. The van der Waals surface area contributed by atoms with Crippen molar-refractivity contribution < 1.29 is 0 Å². The van der Waals surface area contributed by atoms with Gasteiger partial charge in [0.25, 0.3) is 0 Å². The third kappa shape index (κ3) is 1.48. The molecule has 0 saturated heterocycles. The van der Waals surface area contributed by atoms with Gasteiger partial charge in [-0.1, -0.05) is 24.3 Å². The van der Waals surface area contributed by atoms with Gasteiger partial charge in [-0.3, -0.25) is 4.68 Å². The number of hydrogen-bond acceptors (Lipinski definition) is 2. The lowest BCUT2D eigenvalue weighted by Crippen LogP contribution is -2.10. The standard InChI is InChI=1S/C13H15N3/c1-16-13(8-9-14-16)15-12-7-6-10-4-2-3-5-11(10)12/h2-5,8-9,12,15H,6-7H2,1H3. The maximum absolute atomic E-state index is 4.17. The first-order chi connectivity index (χ1) is 7.84. The van der Waals surface area contributed by atoms with Crippen LogP contribution in [-0.4, -0.2) is 9.78 Å². The van der Waals surface area contributed by atoms with E-state index in [0.717, 1.165) is 5.82 Å². The minimum atomic E-state index is 0.437. The quantitative estimate of drug-likeness (QED) is 0.830. The Balaban J connectivity index is 1.86. The zero-order valence-electron chi connectivity index (χ0n) is 9.35. The van der Waals surface area contributed by atoms with Crippen molar-refractivity contribution >= 4 is 5.82 Å². The number of nitrogens with zero attached hydrogens (tertiary/aromatic N) is 2. The van der Waals surface area contributed by atoms with Crippen LogP contribution in [0.15, 0.2) is 36.5 Å². The number of aromatic nitrogens is 2. The topological polar surface area (TPSA) is 29.9 Å². The Labute approximate surface area is 95.1 Å². The zero-order chi connectivity index (χ0) is 11.0. The van der Waals surface area contributed by atoms with E-state index in [4.69, 9.17) is 0 Å². The summed E-state index contributed by atoms with van der Waals surface area (Å²) >= 11 is 0. The van der Waals surface area contributed by atoms with Crippen LogP contribution in [0.1, 0.15) is 23.6 Å². The number of rotatable bonds is 2. The number of hydrogen-bond donors (Lipinski definition) is 1. The van der Waals surface area contributed by atoms with Gasteiger partial charge in [0.15, 0.2) is 0 Å².